The average molecular weight is 307 g/mol. The number of urea groups is 1. The zero-order valence-corrected chi connectivity index (χ0v) is 13.6. The molecular formula is C16H25N3O3. The van der Waals surface area contributed by atoms with Gasteiger partial charge >= 0.3 is 6.03 Å². The molecule has 1 aromatic heterocycles. The molecule has 1 aliphatic heterocycles. The van der Waals surface area contributed by atoms with E-state index in [0.717, 1.165) is 30.9 Å². The first-order chi connectivity index (χ1) is 10.5. The first-order valence-electron chi connectivity index (χ1n) is 7.81. The zero-order valence-electron chi connectivity index (χ0n) is 13.6. The Balaban J connectivity index is 1.94. The number of aryl methyl sites for hydroxylation is 2. The summed E-state index contributed by atoms with van der Waals surface area (Å²) in [6.07, 6.45) is 1.00. The second kappa shape index (κ2) is 7.45. The predicted octanol–water partition coefficient (Wildman–Crippen LogP) is 1.56. The van der Waals surface area contributed by atoms with Crippen molar-refractivity contribution < 1.29 is 9.53 Å². The highest BCUT2D eigenvalue weighted by Gasteiger charge is 2.21. The fourth-order valence-electron chi connectivity index (χ4n) is 2.77. The quantitative estimate of drug-likeness (QED) is 0.867. The molecule has 0 bridgehead atoms. The van der Waals surface area contributed by atoms with Crippen LogP contribution in [0.3, 0.4) is 0 Å². The molecule has 2 heterocycles. The van der Waals surface area contributed by atoms with Crippen LogP contribution in [0, 0.1) is 19.8 Å². The molecule has 1 aliphatic rings. The summed E-state index contributed by atoms with van der Waals surface area (Å²) in [5, 5.41) is 2.85. The number of hydrogen-bond donors (Lipinski definition) is 2. The Morgan fingerprint density at radius 1 is 1.50 bits per heavy atom. The third-order valence-electron chi connectivity index (χ3n) is 4.08. The van der Waals surface area contributed by atoms with Crippen LogP contribution < -0.4 is 10.9 Å². The number of carbonyl (C=O) groups is 1. The SMILES string of the molecule is CCN(C[C@@H]1CCOC1)C(=O)NCc1c(C)cc(C)[nH]c1=O. The van der Waals surface area contributed by atoms with Crippen LogP contribution >= 0.6 is 0 Å². The van der Waals surface area contributed by atoms with Gasteiger partial charge in [0.2, 0.25) is 0 Å². The molecule has 1 atom stereocenters. The van der Waals surface area contributed by atoms with E-state index < -0.39 is 0 Å². The van der Waals surface area contributed by atoms with Gasteiger partial charge in [-0.2, -0.15) is 0 Å². The summed E-state index contributed by atoms with van der Waals surface area (Å²) < 4.78 is 5.35. The fourth-order valence-corrected chi connectivity index (χ4v) is 2.77. The van der Waals surface area contributed by atoms with E-state index in [-0.39, 0.29) is 18.1 Å². The monoisotopic (exact) mass is 307 g/mol. The minimum atomic E-state index is -0.134. The number of nitrogens with one attached hydrogen (secondary N) is 2. The Kier molecular flexibility index (Phi) is 5.60. The number of pyridine rings is 1. The summed E-state index contributed by atoms with van der Waals surface area (Å²) in [5.74, 6) is 0.412. The summed E-state index contributed by atoms with van der Waals surface area (Å²) in [5.41, 5.74) is 2.20. The minimum absolute atomic E-state index is 0.131. The molecule has 22 heavy (non-hydrogen) atoms. The van der Waals surface area contributed by atoms with Crippen molar-refractivity contribution in [2.45, 2.75) is 33.7 Å². The van der Waals surface area contributed by atoms with E-state index in [2.05, 4.69) is 10.3 Å². The molecule has 1 aromatic rings. The lowest BCUT2D eigenvalue weighted by molar-refractivity contribution is 0.166. The van der Waals surface area contributed by atoms with E-state index in [1.54, 1.807) is 4.90 Å². The van der Waals surface area contributed by atoms with Crippen molar-refractivity contribution in [2.24, 2.45) is 5.92 Å². The topological polar surface area (TPSA) is 74.4 Å². The second-order valence-corrected chi connectivity index (χ2v) is 5.87. The van der Waals surface area contributed by atoms with Crippen LogP contribution in [0.2, 0.25) is 0 Å². The molecule has 122 valence electrons. The molecule has 0 spiro atoms. The summed E-state index contributed by atoms with van der Waals surface area (Å²) in [7, 11) is 0. The van der Waals surface area contributed by atoms with Crippen LogP contribution in [-0.2, 0) is 11.3 Å². The zero-order chi connectivity index (χ0) is 16.1. The van der Waals surface area contributed by atoms with E-state index in [9.17, 15) is 9.59 Å². The van der Waals surface area contributed by atoms with E-state index in [1.165, 1.54) is 0 Å². The van der Waals surface area contributed by atoms with Gasteiger partial charge in [-0.3, -0.25) is 4.79 Å². The van der Waals surface area contributed by atoms with E-state index in [0.29, 0.717) is 24.6 Å². The molecule has 6 nitrogen and oxygen atoms in total. The largest absolute Gasteiger partial charge is 0.381 e. The van der Waals surface area contributed by atoms with Gasteiger partial charge in [-0.05, 0) is 38.8 Å². The molecule has 0 unspecified atom stereocenters. The maximum Gasteiger partial charge on any atom is 0.317 e. The molecule has 2 amide bonds. The standard InChI is InChI=1S/C16H25N3O3/c1-4-19(9-13-5-6-22-10-13)16(21)17-8-14-11(2)7-12(3)18-15(14)20/h7,13H,4-6,8-10H2,1-3H3,(H,17,21)(H,18,20)/t13-/m0/s1. The highest BCUT2D eigenvalue weighted by molar-refractivity contribution is 5.74. The number of aromatic amines is 1. The molecule has 0 radical (unpaired) electrons. The molecule has 1 fully saturated rings. The molecular weight excluding hydrogens is 282 g/mol. The Morgan fingerprint density at radius 3 is 2.86 bits per heavy atom. The van der Waals surface area contributed by atoms with E-state index >= 15 is 0 Å². The molecule has 0 aromatic carbocycles. The van der Waals surface area contributed by atoms with Gasteiger partial charge < -0.3 is 19.9 Å². The molecule has 0 saturated carbocycles. The first kappa shape index (κ1) is 16.5. The van der Waals surface area contributed by atoms with Gasteiger partial charge in [0.15, 0.2) is 0 Å². The number of aromatic nitrogens is 1. The molecule has 2 N–H and O–H groups in total. The predicted molar refractivity (Wildman–Crippen MR) is 84.9 cm³/mol. The first-order valence-corrected chi connectivity index (χ1v) is 7.81. The van der Waals surface area contributed by atoms with Crippen molar-refractivity contribution in [3.8, 4) is 0 Å². The Hall–Kier alpha value is -1.82. The van der Waals surface area contributed by atoms with E-state index in [4.69, 9.17) is 4.74 Å². The van der Waals surface area contributed by atoms with Crippen molar-refractivity contribution in [3.63, 3.8) is 0 Å². The van der Waals surface area contributed by atoms with Gasteiger partial charge in [-0.15, -0.1) is 0 Å². The number of hydrogen-bond acceptors (Lipinski definition) is 3. The number of H-pyrrole nitrogens is 1. The molecule has 0 aliphatic carbocycles. The van der Waals surface area contributed by atoms with Crippen molar-refractivity contribution in [1.82, 2.24) is 15.2 Å². The summed E-state index contributed by atoms with van der Waals surface area (Å²) >= 11 is 0. The van der Waals surface area contributed by atoms with Crippen molar-refractivity contribution in [3.05, 3.63) is 33.2 Å². The lowest BCUT2D eigenvalue weighted by Gasteiger charge is -2.24. The highest BCUT2D eigenvalue weighted by atomic mass is 16.5. The van der Waals surface area contributed by atoms with Crippen LogP contribution in [0.4, 0.5) is 4.79 Å². The Labute approximate surface area is 130 Å². The van der Waals surface area contributed by atoms with Crippen LogP contribution in [0.1, 0.15) is 30.2 Å². The van der Waals surface area contributed by atoms with Gasteiger partial charge in [-0.1, -0.05) is 0 Å². The number of rotatable bonds is 5. The number of amides is 2. The summed E-state index contributed by atoms with van der Waals surface area (Å²) in [6, 6.07) is 1.78. The van der Waals surface area contributed by atoms with Crippen molar-refractivity contribution >= 4 is 6.03 Å². The maximum atomic E-state index is 12.3. The van der Waals surface area contributed by atoms with E-state index in [1.807, 2.05) is 26.8 Å². The maximum absolute atomic E-state index is 12.3. The Morgan fingerprint density at radius 2 is 2.27 bits per heavy atom. The van der Waals surface area contributed by atoms with Gasteiger partial charge in [0.05, 0.1) is 13.2 Å². The lowest BCUT2D eigenvalue weighted by Crippen LogP contribution is -2.43. The third-order valence-corrected chi connectivity index (χ3v) is 4.08. The summed E-state index contributed by atoms with van der Waals surface area (Å²) in [4.78, 5) is 28.8. The number of nitrogens with zero attached hydrogens (tertiary/aromatic N) is 1. The smallest absolute Gasteiger partial charge is 0.317 e. The fraction of sp³-hybridized carbons (Fsp3) is 0.625. The Bertz CT molecular complexity index is 576. The van der Waals surface area contributed by atoms with Crippen LogP contribution in [0.15, 0.2) is 10.9 Å². The van der Waals surface area contributed by atoms with Crippen molar-refractivity contribution in [2.75, 3.05) is 26.3 Å². The number of ether oxygens (including phenoxy) is 1. The lowest BCUT2D eigenvalue weighted by atomic mass is 10.1. The van der Waals surface area contributed by atoms with Crippen LogP contribution in [0.5, 0.6) is 0 Å². The molecule has 1 saturated heterocycles. The van der Waals surface area contributed by atoms with Gasteiger partial charge in [0.25, 0.3) is 5.56 Å². The summed E-state index contributed by atoms with van der Waals surface area (Å²) in [6.45, 7) is 8.78. The average Bonchev–Trinajstić information content (AvgIpc) is 2.96. The van der Waals surface area contributed by atoms with Crippen LogP contribution in [-0.4, -0.2) is 42.2 Å². The molecule has 2 rings (SSSR count). The van der Waals surface area contributed by atoms with Gasteiger partial charge in [0, 0.05) is 36.9 Å². The van der Waals surface area contributed by atoms with Crippen LogP contribution in [0.25, 0.3) is 0 Å². The number of carbonyl (C=O) groups excluding carboxylic acids is 1. The minimum Gasteiger partial charge on any atom is -0.381 e. The second-order valence-electron chi connectivity index (χ2n) is 5.87. The normalized spacial score (nSPS) is 17.5. The molecule has 6 heteroatoms. The third kappa shape index (κ3) is 4.10. The van der Waals surface area contributed by atoms with Gasteiger partial charge in [-0.25, -0.2) is 4.79 Å². The van der Waals surface area contributed by atoms with Gasteiger partial charge in [0.1, 0.15) is 0 Å². The highest BCUT2D eigenvalue weighted by Crippen LogP contribution is 2.14. The van der Waals surface area contributed by atoms with Crippen molar-refractivity contribution in [1.29, 1.82) is 0 Å².